The highest BCUT2D eigenvalue weighted by Gasteiger charge is 2.22. The summed E-state index contributed by atoms with van der Waals surface area (Å²) in [6, 6.07) is 1.63. The highest BCUT2D eigenvalue weighted by atomic mass is 15.1. The molecule has 3 atom stereocenters. The minimum atomic E-state index is 0.406. The van der Waals surface area contributed by atoms with Gasteiger partial charge in [0.1, 0.15) is 0 Å². The van der Waals surface area contributed by atoms with Crippen LogP contribution in [0.3, 0.4) is 0 Å². The monoisotopic (exact) mass is 185 g/mol. The molecule has 0 aromatic rings. The number of nitrogens with zero attached hydrogens (tertiary/aromatic N) is 1. The summed E-state index contributed by atoms with van der Waals surface area (Å²) in [6.07, 6.45) is 3.47. The molecule has 1 aliphatic heterocycles. The van der Waals surface area contributed by atoms with E-state index in [2.05, 4.69) is 31.2 Å². The Labute approximate surface area is 81.7 Å². The summed E-state index contributed by atoms with van der Waals surface area (Å²) < 4.78 is 0. The molecule has 0 aliphatic carbocycles. The number of hydrogen-bond acceptors (Lipinski definition) is 3. The van der Waals surface area contributed by atoms with Crippen molar-refractivity contribution in [2.24, 2.45) is 5.73 Å². The molecule has 0 unspecified atom stereocenters. The molecule has 78 valence electrons. The molecular formula is C10H23N3. The van der Waals surface area contributed by atoms with Crippen LogP contribution in [0.5, 0.6) is 0 Å². The maximum atomic E-state index is 5.97. The van der Waals surface area contributed by atoms with Gasteiger partial charge in [-0.1, -0.05) is 0 Å². The minimum Gasteiger partial charge on any atom is -0.328 e. The first kappa shape index (κ1) is 11.0. The molecule has 1 aliphatic rings. The predicted molar refractivity (Wildman–Crippen MR) is 56.8 cm³/mol. The van der Waals surface area contributed by atoms with E-state index in [0.717, 1.165) is 19.4 Å². The zero-order chi connectivity index (χ0) is 9.84. The second-order valence-corrected chi connectivity index (χ2v) is 4.59. The van der Waals surface area contributed by atoms with E-state index in [1.54, 1.807) is 0 Å². The molecule has 1 rings (SSSR count). The van der Waals surface area contributed by atoms with Crippen molar-refractivity contribution in [1.29, 1.82) is 0 Å². The van der Waals surface area contributed by atoms with Crippen molar-refractivity contribution in [1.82, 2.24) is 10.2 Å². The molecule has 1 heterocycles. The average Bonchev–Trinajstić information content (AvgIpc) is 1.99. The number of nitrogens with one attached hydrogen (secondary N) is 1. The van der Waals surface area contributed by atoms with Crippen LogP contribution >= 0.6 is 0 Å². The summed E-state index contributed by atoms with van der Waals surface area (Å²) in [6.45, 7) is 3.37. The Morgan fingerprint density at radius 2 is 2.08 bits per heavy atom. The molecule has 3 heteroatoms. The van der Waals surface area contributed by atoms with E-state index in [4.69, 9.17) is 5.73 Å². The molecule has 1 fully saturated rings. The lowest BCUT2D eigenvalue weighted by Gasteiger charge is -2.33. The summed E-state index contributed by atoms with van der Waals surface area (Å²) >= 11 is 0. The molecule has 0 aromatic heterocycles. The fraction of sp³-hybridized carbons (Fsp3) is 1.00. The van der Waals surface area contributed by atoms with Crippen molar-refractivity contribution in [3.63, 3.8) is 0 Å². The Morgan fingerprint density at radius 3 is 2.62 bits per heavy atom. The predicted octanol–water partition coefficient (Wildman–Crippen LogP) is 0.406. The van der Waals surface area contributed by atoms with Gasteiger partial charge in [-0.2, -0.15) is 0 Å². The molecular weight excluding hydrogens is 162 g/mol. The van der Waals surface area contributed by atoms with Gasteiger partial charge in [0, 0.05) is 18.1 Å². The Kier molecular flexibility index (Phi) is 4.16. The van der Waals surface area contributed by atoms with Crippen molar-refractivity contribution >= 4 is 0 Å². The van der Waals surface area contributed by atoms with E-state index in [1.807, 2.05) is 0 Å². The molecule has 3 N–H and O–H groups in total. The maximum Gasteiger partial charge on any atom is 0.00964 e. The average molecular weight is 185 g/mol. The van der Waals surface area contributed by atoms with Crippen LogP contribution in [-0.2, 0) is 0 Å². The standard InChI is InChI=1S/C10H23N3/c1-8-6-9(11)7-10(12-8)4-5-13(2)3/h8-10,12H,4-7,11H2,1-3H3/t8-,9-,10+/m0/s1. The smallest absolute Gasteiger partial charge is 0.00964 e. The van der Waals surface area contributed by atoms with Crippen LogP contribution in [0.2, 0.25) is 0 Å². The number of piperidine rings is 1. The van der Waals surface area contributed by atoms with Gasteiger partial charge in [-0.15, -0.1) is 0 Å². The van der Waals surface area contributed by atoms with Gasteiger partial charge in [0.05, 0.1) is 0 Å². The Balaban J connectivity index is 2.25. The maximum absolute atomic E-state index is 5.97. The highest BCUT2D eigenvalue weighted by Crippen LogP contribution is 2.13. The summed E-state index contributed by atoms with van der Waals surface area (Å²) in [7, 11) is 4.23. The van der Waals surface area contributed by atoms with Crippen molar-refractivity contribution in [3.05, 3.63) is 0 Å². The first-order chi connectivity index (χ1) is 6.08. The van der Waals surface area contributed by atoms with Gasteiger partial charge < -0.3 is 16.0 Å². The third-order valence-corrected chi connectivity index (χ3v) is 2.69. The van der Waals surface area contributed by atoms with E-state index in [-0.39, 0.29) is 0 Å². The van der Waals surface area contributed by atoms with Crippen molar-refractivity contribution in [2.45, 2.75) is 44.3 Å². The molecule has 3 nitrogen and oxygen atoms in total. The molecule has 0 spiro atoms. The highest BCUT2D eigenvalue weighted by molar-refractivity contribution is 4.85. The van der Waals surface area contributed by atoms with Crippen LogP contribution in [0.4, 0.5) is 0 Å². The first-order valence-corrected chi connectivity index (χ1v) is 5.24. The Hall–Kier alpha value is -0.120. The summed E-state index contributed by atoms with van der Waals surface area (Å²) in [4.78, 5) is 2.23. The lowest BCUT2D eigenvalue weighted by Crippen LogP contribution is -2.49. The SMILES string of the molecule is C[C@H]1C[C@H](N)C[C@@H](CCN(C)C)N1. The normalized spacial score (nSPS) is 35.3. The van der Waals surface area contributed by atoms with Gasteiger partial charge in [0.15, 0.2) is 0 Å². The van der Waals surface area contributed by atoms with Crippen LogP contribution < -0.4 is 11.1 Å². The van der Waals surface area contributed by atoms with Gasteiger partial charge in [-0.05, 0) is 46.8 Å². The topological polar surface area (TPSA) is 41.3 Å². The third kappa shape index (κ3) is 4.07. The Morgan fingerprint density at radius 1 is 1.38 bits per heavy atom. The Bertz CT molecular complexity index is 137. The largest absolute Gasteiger partial charge is 0.328 e. The van der Waals surface area contributed by atoms with Crippen molar-refractivity contribution in [3.8, 4) is 0 Å². The second-order valence-electron chi connectivity index (χ2n) is 4.59. The molecule has 0 saturated carbocycles. The van der Waals surface area contributed by atoms with Gasteiger partial charge in [0.2, 0.25) is 0 Å². The van der Waals surface area contributed by atoms with Gasteiger partial charge >= 0.3 is 0 Å². The lowest BCUT2D eigenvalue weighted by molar-refractivity contribution is 0.268. The molecule has 0 amide bonds. The summed E-state index contributed by atoms with van der Waals surface area (Å²) in [5.41, 5.74) is 5.97. The number of hydrogen-bond donors (Lipinski definition) is 2. The molecule has 0 bridgehead atoms. The second kappa shape index (κ2) is 4.94. The quantitative estimate of drug-likeness (QED) is 0.669. The molecule has 0 radical (unpaired) electrons. The van der Waals surface area contributed by atoms with Crippen LogP contribution in [0.15, 0.2) is 0 Å². The summed E-state index contributed by atoms with van der Waals surface area (Å²) in [5.74, 6) is 0. The third-order valence-electron chi connectivity index (χ3n) is 2.69. The molecule has 0 aromatic carbocycles. The van der Waals surface area contributed by atoms with Gasteiger partial charge in [0.25, 0.3) is 0 Å². The van der Waals surface area contributed by atoms with Crippen LogP contribution in [0.1, 0.15) is 26.2 Å². The van der Waals surface area contributed by atoms with Crippen molar-refractivity contribution < 1.29 is 0 Å². The van der Waals surface area contributed by atoms with Crippen LogP contribution in [-0.4, -0.2) is 43.7 Å². The zero-order valence-electron chi connectivity index (χ0n) is 9.09. The minimum absolute atomic E-state index is 0.406. The molecule has 1 saturated heterocycles. The van der Waals surface area contributed by atoms with Crippen molar-refractivity contribution in [2.75, 3.05) is 20.6 Å². The van der Waals surface area contributed by atoms with Crippen LogP contribution in [0, 0.1) is 0 Å². The molecule has 13 heavy (non-hydrogen) atoms. The fourth-order valence-electron chi connectivity index (χ4n) is 2.07. The lowest BCUT2D eigenvalue weighted by atomic mass is 9.93. The van der Waals surface area contributed by atoms with Gasteiger partial charge in [-0.25, -0.2) is 0 Å². The van der Waals surface area contributed by atoms with E-state index in [1.165, 1.54) is 6.42 Å². The number of rotatable bonds is 3. The fourth-order valence-corrected chi connectivity index (χ4v) is 2.07. The van der Waals surface area contributed by atoms with E-state index in [0.29, 0.717) is 18.1 Å². The van der Waals surface area contributed by atoms with Crippen LogP contribution in [0.25, 0.3) is 0 Å². The first-order valence-electron chi connectivity index (χ1n) is 5.24. The number of nitrogens with two attached hydrogens (primary N) is 1. The van der Waals surface area contributed by atoms with E-state index < -0.39 is 0 Å². The van der Waals surface area contributed by atoms with Gasteiger partial charge in [-0.3, -0.25) is 0 Å². The van der Waals surface area contributed by atoms with E-state index in [9.17, 15) is 0 Å². The summed E-state index contributed by atoms with van der Waals surface area (Å²) in [5, 5.41) is 3.60. The van der Waals surface area contributed by atoms with E-state index >= 15 is 0 Å². The zero-order valence-corrected chi connectivity index (χ0v) is 9.09.